The zero-order valence-corrected chi connectivity index (χ0v) is 18.6. The standard InChI is InChI=1S/C26H22N2O6/c1-16(23(29)27-15-18-8-3-6-13-22(18)33-2)34-26(32)17-9-7-10-19(14-17)28-24(30)20-11-4-5-12-21(20)25(28)31/h3-14,16H,15H2,1-2H3,(H,27,29). The van der Waals surface area contributed by atoms with Gasteiger partial charge in [0.05, 0.1) is 29.5 Å². The summed E-state index contributed by atoms with van der Waals surface area (Å²) in [5.74, 6) is -1.52. The summed E-state index contributed by atoms with van der Waals surface area (Å²) in [6.45, 7) is 1.67. The molecular weight excluding hydrogens is 436 g/mol. The molecule has 1 aliphatic rings. The Bertz CT molecular complexity index is 1250. The number of rotatable bonds is 7. The number of carbonyl (C=O) groups is 4. The molecule has 8 heteroatoms. The van der Waals surface area contributed by atoms with Crippen LogP contribution in [0.3, 0.4) is 0 Å². The van der Waals surface area contributed by atoms with Gasteiger partial charge in [-0.15, -0.1) is 0 Å². The van der Waals surface area contributed by atoms with E-state index in [4.69, 9.17) is 9.47 Å². The van der Waals surface area contributed by atoms with Crippen LogP contribution >= 0.6 is 0 Å². The van der Waals surface area contributed by atoms with Gasteiger partial charge in [0.15, 0.2) is 6.10 Å². The Morgan fingerprint density at radius 3 is 2.24 bits per heavy atom. The molecule has 3 aromatic rings. The van der Waals surface area contributed by atoms with Gasteiger partial charge in [-0.05, 0) is 43.3 Å². The first-order valence-corrected chi connectivity index (χ1v) is 10.6. The Morgan fingerprint density at radius 1 is 0.912 bits per heavy atom. The van der Waals surface area contributed by atoms with Gasteiger partial charge in [0, 0.05) is 12.1 Å². The third kappa shape index (κ3) is 4.38. The largest absolute Gasteiger partial charge is 0.496 e. The number of anilines is 1. The van der Waals surface area contributed by atoms with E-state index in [0.717, 1.165) is 10.5 Å². The van der Waals surface area contributed by atoms with E-state index in [1.807, 2.05) is 18.2 Å². The van der Waals surface area contributed by atoms with Gasteiger partial charge in [0.1, 0.15) is 5.75 Å². The molecule has 1 aliphatic heterocycles. The molecule has 0 fully saturated rings. The highest BCUT2D eigenvalue weighted by molar-refractivity contribution is 6.34. The zero-order valence-electron chi connectivity index (χ0n) is 18.6. The SMILES string of the molecule is COc1ccccc1CNC(=O)C(C)OC(=O)c1cccc(N2C(=O)c3ccccc3C2=O)c1. The molecule has 0 radical (unpaired) electrons. The molecule has 3 aromatic carbocycles. The maximum absolute atomic E-state index is 12.7. The van der Waals surface area contributed by atoms with Crippen LogP contribution < -0.4 is 15.0 Å². The van der Waals surface area contributed by atoms with Crippen LogP contribution in [-0.4, -0.2) is 36.9 Å². The summed E-state index contributed by atoms with van der Waals surface area (Å²) in [7, 11) is 1.54. The predicted molar refractivity (Wildman–Crippen MR) is 124 cm³/mol. The number of hydrogen-bond acceptors (Lipinski definition) is 6. The first-order chi connectivity index (χ1) is 16.4. The van der Waals surface area contributed by atoms with Crippen LogP contribution in [0.4, 0.5) is 5.69 Å². The van der Waals surface area contributed by atoms with Crippen molar-refractivity contribution in [2.45, 2.75) is 19.6 Å². The van der Waals surface area contributed by atoms with E-state index < -0.39 is 29.8 Å². The minimum Gasteiger partial charge on any atom is -0.496 e. The number of benzene rings is 3. The summed E-state index contributed by atoms with van der Waals surface area (Å²) in [5.41, 5.74) is 1.75. The van der Waals surface area contributed by atoms with Crippen LogP contribution in [0.25, 0.3) is 0 Å². The van der Waals surface area contributed by atoms with E-state index in [9.17, 15) is 19.2 Å². The van der Waals surface area contributed by atoms with Crippen molar-refractivity contribution in [3.63, 3.8) is 0 Å². The van der Waals surface area contributed by atoms with Crippen LogP contribution in [-0.2, 0) is 16.1 Å². The molecule has 4 rings (SSSR count). The molecule has 0 saturated heterocycles. The highest BCUT2D eigenvalue weighted by Gasteiger charge is 2.36. The molecule has 0 aromatic heterocycles. The lowest BCUT2D eigenvalue weighted by Crippen LogP contribution is -2.35. The van der Waals surface area contributed by atoms with Crippen LogP contribution in [0, 0.1) is 0 Å². The second-order valence-corrected chi connectivity index (χ2v) is 7.62. The van der Waals surface area contributed by atoms with Crippen molar-refractivity contribution in [3.8, 4) is 5.75 Å². The molecule has 0 bridgehead atoms. The Kier molecular flexibility index (Phi) is 6.40. The number of esters is 1. The van der Waals surface area contributed by atoms with Gasteiger partial charge < -0.3 is 14.8 Å². The Labute approximate surface area is 196 Å². The fourth-order valence-corrected chi connectivity index (χ4v) is 3.65. The van der Waals surface area contributed by atoms with Crippen molar-refractivity contribution < 1.29 is 28.7 Å². The smallest absolute Gasteiger partial charge is 0.338 e. The fourth-order valence-electron chi connectivity index (χ4n) is 3.65. The summed E-state index contributed by atoms with van der Waals surface area (Å²) in [6, 6.07) is 19.8. The van der Waals surface area contributed by atoms with E-state index in [-0.39, 0.29) is 17.8 Å². The molecule has 1 atom stereocenters. The van der Waals surface area contributed by atoms with Crippen LogP contribution in [0.2, 0.25) is 0 Å². The van der Waals surface area contributed by atoms with Gasteiger partial charge in [0.2, 0.25) is 0 Å². The van der Waals surface area contributed by atoms with E-state index in [0.29, 0.717) is 16.9 Å². The van der Waals surface area contributed by atoms with E-state index in [2.05, 4.69) is 5.32 Å². The highest BCUT2D eigenvalue weighted by atomic mass is 16.5. The molecule has 3 amide bonds. The number of imide groups is 1. The van der Waals surface area contributed by atoms with Crippen molar-refractivity contribution in [3.05, 3.63) is 95.1 Å². The maximum atomic E-state index is 12.7. The van der Waals surface area contributed by atoms with Gasteiger partial charge >= 0.3 is 5.97 Å². The van der Waals surface area contributed by atoms with Crippen molar-refractivity contribution in [2.24, 2.45) is 0 Å². The third-order valence-corrected chi connectivity index (χ3v) is 5.43. The lowest BCUT2D eigenvalue weighted by atomic mass is 10.1. The minimum absolute atomic E-state index is 0.110. The number of methoxy groups -OCH3 is 1. The lowest BCUT2D eigenvalue weighted by Gasteiger charge is -2.16. The Hall–Kier alpha value is -4.46. The number of nitrogens with one attached hydrogen (secondary N) is 1. The van der Waals surface area contributed by atoms with Crippen LogP contribution in [0.5, 0.6) is 5.75 Å². The molecule has 34 heavy (non-hydrogen) atoms. The lowest BCUT2D eigenvalue weighted by molar-refractivity contribution is -0.129. The zero-order chi connectivity index (χ0) is 24.2. The average molecular weight is 458 g/mol. The number of amides is 3. The van der Waals surface area contributed by atoms with E-state index >= 15 is 0 Å². The van der Waals surface area contributed by atoms with Crippen molar-refractivity contribution >= 4 is 29.4 Å². The molecule has 0 spiro atoms. The number of hydrogen-bond donors (Lipinski definition) is 1. The molecule has 1 heterocycles. The summed E-state index contributed by atoms with van der Waals surface area (Å²) >= 11 is 0. The van der Waals surface area contributed by atoms with Gasteiger partial charge in [0.25, 0.3) is 17.7 Å². The van der Waals surface area contributed by atoms with Crippen molar-refractivity contribution in [2.75, 3.05) is 12.0 Å². The quantitative estimate of drug-likeness (QED) is 0.430. The van der Waals surface area contributed by atoms with Gasteiger partial charge in [-0.2, -0.15) is 0 Å². The number of ether oxygens (including phenoxy) is 2. The van der Waals surface area contributed by atoms with Gasteiger partial charge in [-0.25, -0.2) is 9.69 Å². The van der Waals surface area contributed by atoms with E-state index in [1.165, 1.54) is 19.1 Å². The fraction of sp³-hybridized carbons (Fsp3) is 0.154. The van der Waals surface area contributed by atoms with E-state index in [1.54, 1.807) is 49.6 Å². The summed E-state index contributed by atoms with van der Waals surface area (Å²) < 4.78 is 10.6. The molecule has 0 aliphatic carbocycles. The normalized spacial score (nSPS) is 13.3. The monoisotopic (exact) mass is 458 g/mol. The third-order valence-electron chi connectivity index (χ3n) is 5.43. The number of carbonyl (C=O) groups excluding carboxylic acids is 4. The maximum Gasteiger partial charge on any atom is 0.338 e. The summed E-state index contributed by atoms with van der Waals surface area (Å²) in [5, 5.41) is 2.71. The Morgan fingerprint density at radius 2 is 1.56 bits per heavy atom. The molecule has 1 N–H and O–H groups in total. The Balaban J connectivity index is 1.42. The van der Waals surface area contributed by atoms with Gasteiger partial charge in [-0.3, -0.25) is 14.4 Å². The second kappa shape index (κ2) is 9.58. The molecule has 1 unspecified atom stereocenters. The topological polar surface area (TPSA) is 102 Å². The number of fused-ring (bicyclic) bond motifs is 1. The van der Waals surface area contributed by atoms with Gasteiger partial charge in [-0.1, -0.05) is 36.4 Å². The molecule has 8 nitrogen and oxygen atoms in total. The van der Waals surface area contributed by atoms with Crippen LogP contribution in [0.1, 0.15) is 43.6 Å². The minimum atomic E-state index is -1.06. The highest BCUT2D eigenvalue weighted by Crippen LogP contribution is 2.29. The second-order valence-electron chi connectivity index (χ2n) is 7.62. The summed E-state index contributed by atoms with van der Waals surface area (Å²) in [4.78, 5) is 51.6. The van der Waals surface area contributed by atoms with Crippen molar-refractivity contribution in [1.82, 2.24) is 5.32 Å². The van der Waals surface area contributed by atoms with Crippen molar-refractivity contribution in [1.29, 1.82) is 0 Å². The predicted octanol–water partition coefficient (Wildman–Crippen LogP) is 3.36. The first kappa shape index (κ1) is 22.7. The number of nitrogens with zero attached hydrogens (tertiary/aromatic N) is 1. The molecule has 0 saturated carbocycles. The average Bonchev–Trinajstić information content (AvgIpc) is 3.12. The van der Waals surface area contributed by atoms with Crippen LogP contribution in [0.15, 0.2) is 72.8 Å². The first-order valence-electron chi connectivity index (χ1n) is 10.6. The number of para-hydroxylation sites is 1. The summed E-state index contributed by atoms with van der Waals surface area (Å²) in [6.07, 6.45) is -1.06. The molecular formula is C26H22N2O6. The molecule has 172 valence electrons.